The summed E-state index contributed by atoms with van der Waals surface area (Å²) in [5.74, 6) is 1.67. The molecule has 0 aliphatic heterocycles. The third kappa shape index (κ3) is 6.19. The van der Waals surface area contributed by atoms with E-state index < -0.39 is 6.09 Å². The Balaban J connectivity index is 1.37. The zero-order chi connectivity index (χ0) is 27.9. The fraction of sp³-hybridized carbons (Fsp3) is 0.0938. The number of aromatic nitrogens is 1. The highest BCUT2D eigenvalue weighted by Crippen LogP contribution is 2.34. The highest BCUT2D eigenvalue weighted by Gasteiger charge is 2.17. The van der Waals surface area contributed by atoms with Gasteiger partial charge in [0.25, 0.3) is 5.91 Å². The summed E-state index contributed by atoms with van der Waals surface area (Å²) in [6.45, 7) is 2.17. The number of rotatable bonds is 8. The summed E-state index contributed by atoms with van der Waals surface area (Å²) in [6, 6.07) is 29.1. The predicted molar refractivity (Wildman–Crippen MR) is 153 cm³/mol. The third-order valence-corrected chi connectivity index (χ3v) is 6.13. The number of hydrogen-bond acceptors (Lipinski definition) is 6. The standard InChI is InChI=1S/C32H27N3O5/c1-21-17-24(13-14-27(21)35-32(37)40-23-11-7-4-8-12-23)39-29-15-16-34-28-19-30(26(18-25(28)29)31(36)33-2)38-20-22-9-5-3-6-10-22/h3-19H,20H2,1-2H3,(H,33,36)(H,35,37). The van der Waals surface area contributed by atoms with Crippen LogP contribution in [0, 0.1) is 6.92 Å². The number of anilines is 1. The Bertz CT molecular complexity index is 1660. The summed E-state index contributed by atoms with van der Waals surface area (Å²) in [5.41, 5.74) is 3.35. The maximum absolute atomic E-state index is 12.7. The van der Waals surface area contributed by atoms with Crippen molar-refractivity contribution in [2.45, 2.75) is 13.5 Å². The molecule has 4 aromatic carbocycles. The van der Waals surface area contributed by atoms with Gasteiger partial charge in [-0.15, -0.1) is 0 Å². The first-order valence-electron chi connectivity index (χ1n) is 12.6. The number of para-hydroxylation sites is 1. The van der Waals surface area contributed by atoms with Gasteiger partial charge in [0.2, 0.25) is 0 Å². The van der Waals surface area contributed by atoms with E-state index in [1.165, 1.54) is 0 Å². The lowest BCUT2D eigenvalue weighted by Crippen LogP contribution is -2.19. The summed E-state index contributed by atoms with van der Waals surface area (Å²) in [4.78, 5) is 29.5. The van der Waals surface area contributed by atoms with Crippen LogP contribution in [0.4, 0.5) is 10.5 Å². The van der Waals surface area contributed by atoms with Crippen molar-refractivity contribution in [3.8, 4) is 23.0 Å². The van der Waals surface area contributed by atoms with Gasteiger partial charge >= 0.3 is 6.09 Å². The zero-order valence-corrected chi connectivity index (χ0v) is 22.0. The maximum atomic E-state index is 12.7. The van der Waals surface area contributed by atoms with Gasteiger partial charge in [0.05, 0.1) is 11.1 Å². The minimum absolute atomic E-state index is 0.284. The van der Waals surface area contributed by atoms with Crippen LogP contribution in [0.5, 0.6) is 23.0 Å². The van der Waals surface area contributed by atoms with Gasteiger partial charge in [0.1, 0.15) is 29.6 Å². The molecule has 2 N–H and O–H groups in total. The van der Waals surface area contributed by atoms with Crippen molar-refractivity contribution in [2.24, 2.45) is 0 Å². The lowest BCUT2D eigenvalue weighted by molar-refractivity contribution is 0.0958. The summed E-state index contributed by atoms with van der Waals surface area (Å²) >= 11 is 0. The van der Waals surface area contributed by atoms with E-state index in [1.807, 2.05) is 43.3 Å². The van der Waals surface area contributed by atoms with E-state index in [-0.39, 0.29) is 5.91 Å². The van der Waals surface area contributed by atoms with Gasteiger partial charge < -0.3 is 19.5 Å². The van der Waals surface area contributed by atoms with Crippen LogP contribution in [0.25, 0.3) is 10.9 Å². The van der Waals surface area contributed by atoms with Gasteiger partial charge in [-0.2, -0.15) is 0 Å². The average Bonchev–Trinajstić information content (AvgIpc) is 2.98. The molecule has 200 valence electrons. The first-order chi connectivity index (χ1) is 19.5. The molecule has 0 fully saturated rings. The number of carbonyl (C=O) groups excluding carboxylic acids is 2. The Hall–Kier alpha value is -5.37. The maximum Gasteiger partial charge on any atom is 0.417 e. The van der Waals surface area contributed by atoms with Crippen molar-refractivity contribution >= 4 is 28.6 Å². The molecule has 0 spiro atoms. The Kier molecular flexibility index (Phi) is 7.87. The third-order valence-electron chi connectivity index (χ3n) is 6.13. The number of fused-ring (bicyclic) bond motifs is 1. The van der Waals surface area contributed by atoms with Crippen molar-refractivity contribution in [3.63, 3.8) is 0 Å². The number of aryl methyl sites for hydroxylation is 1. The molecule has 0 aliphatic rings. The highest BCUT2D eigenvalue weighted by molar-refractivity contribution is 6.02. The van der Waals surface area contributed by atoms with Crippen LogP contribution in [0.1, 0.15) is 21.5 Å². The molecule has 8 nitrogen and oxygen atoms in total. The average molecular weight is 534 g/mol. The number of nitrogens with one attached hydrogen (secondary N) is 2. The largest absolute Gasteiger partial charge is 0.488 e. The van der Waals surface area contributed by atoms with Gasteiger partial charge in [0.15, 0.2) is 0 Å². The summed E-state index contributed by atoms with van der Waals surface area (Å²) < 4.78 is 17.5. The van der Waals surface area contributed by atoms with Crippen LogP contribution >= 0.6 is 0 Å². The van der Waals surface area contributed by atoms with E-state index in [0.29, 0.717) is 51.8 Å². The van der Waals surface area contributed by atoms with Gasteiger partial charge in [0, 0.05) is 30.4 Å². The van der Waals surface area contributed by atoms with E-state index in [4.69, 9.17) is 14.2 Å². The zero-order valence-electron chi connectivity index (χ0n) is 22.0. The molecule has 0 bridgehead atoms. The molecule has 0 unspecified atom stereocenters. The molecule has 5 rings (SSSR count). The number of nitrogens with zero attached hydrogens (tertiary/aromatic N) is 1. The molecule has 0 aliphatic carbocycles. The van der Waals surface area contributed by atoms with Crippen LogP contribution in [0.2, 0.25) is 0 Å². The number of ether oxygens (including phenoxy) is 3. The minimum atomic E-state index is -0.588. The number of carbonyl (C=O) groups is 2. The van der Waals surface area contributed by atoms with Crippen LogP contribution in [-0.4, -0.2) is 24.0 Å². The van der Waals surface area contributed by atoms with Gasteiger partial charge in [-0.1, -0.05) is 48.5 Å². The van der Waals surface area contributed by atoms with Crippen molar-refractivity contribution < 1.29 is 23.8 Å². The molecular weight excluding hydrogens is 506 g/mol. The molecule has 40 heavy (non-hydrogen) atoms. The molecule has 1 heterocycles. The van der Waals surface area contributed by atoms with Crippen LogP contribution in [0.3, 0.4) is 0 Å². The number of benzene rings is 4. The summed E-state index contributed by atoms with van der Waals surface area (Å²) in [5, 5.41) is 6.08. The minimum Gasteiger partial charge on any atom is -0.488 e. The molecule has 0 radical (unpaired) electrons. The quantitative estimate of drug-likeness (QED) is 0.225. The second-order valence-corrected chi connectivity index (χ2v) is 8.93. The van der Waals surface area contributed by atoms with E-state index in [1.54, 1.807) is 73.9 Å². The first-order valence-corrected chi connectivity index (χ1v) is 12.6. The molecule has 5 aromatic rings. The summed E-state index contributed by atoms with van der Waals surface area (Å²) in [6.07, 6.45) is 1.05. The highest BCUT2D eigenvalue weighted by atomic mass is 16.6. The Morgan fingerprint density at radius 2 is 1.57 bits per heavy atom. The van der Waals surface area contributed by atoms with Gasteiger partial charge in [-0.25, -0.2) is 4.79 Å². The van der Waals surface area contributed by atoms with Gasteiger partial charge in [-0.3, -0.25) is 15.1 Å². The van der Waals surface area contributed by atoms with Crippen LogP contribution in [0.15, 0.2) is 103 Å². The Morgan fingerprint density at radius 3 is 2.30 bits per heavy atom. The molecule has 0 saturated carbocycles. The van der Waals surface area contributed by atoms with Gasteiger partial charge in [-0.05, 0) is 60.5 Å². The molecular formula is C32H27N3O5. The number of amides is 2. The smallest absolute Gasteiger partial charge is 0.417 e. The lowest BCUT2D eigenvalue weighted by atomic mass is 10.1. The fourth-order valence-corrected chi connectivity index (χ4v) is 4.10. The van der Waals surface area contributed by atoms with E-state index in [0.717, 1.165) is 11.1 Å². The van der Waals surface area contributed by atoms with E-state index in [9.17, 15) is 9.59 Å². The molecule has 8 heteroatoms. The fourth-order valence-electron chi connectivity index (χ4n) is 4.10. The normalized spacial score (nSPS) is 10.6. The summed E-state index contributed by atoms with van der Waals surface area (Å²) in [7, 11) is 1.57. The van der Waals surface area contributed by atoms with Crippen molar-refractivity contribution in [2.75, 3.05) is 12.4 Å². The SMILES string of the molecule is CNC(=O)c1cc2c(Oc3ccc(NC(=O)Oc4ccccc4)c(C)c3)ccnc2cc1OCc1ccccc1. The molecule has 1 aromatic heterocycles. The van der Waals surface area contributed by atoms with E-state index >= 15 is 0 Å². The van der Waals surface area contributed by atoms with Crippen molar-refractivity contribution in [1.82, 2.24) is 10.3 Å². The molecule has 0 atom stereocenters. The number of hydrogen-bond donors (Lipinski definition) is 2. The monoisotopic (exact) mass is 533 g/mol. The predicted octanol–water partition coefficient (Wildman–Crippen LogP) is 6.89. The Morgan fingerprint density at radius 1 is 0.825 bits per heavy atom. The van der Waals surface area contributed by atoms with Crippen LogP contribution < -0.4 is 24.8 Å². The second kappa shape index (κ2) is 12.0. The van der Waals surface area contributed by atoms with E-state index in [2.05, 4.69) is 15.6 Å². The molecule has 2 amide bonds. The van der Waals surface area contributed by atoms with Crippen molar-refractivity contribution in [3.05, 3.63) is 120 Å². The lowest BCUT2D eigenvalue weighted by Gasteiger charge is -2.15. The molecule has 0 saturated heterocycles. The first kappa shape index (κ1) is 26.2. The topological polar surface area (TPSA) is 98.8 Å². The second-order valence-electron chi connectivity index (χ2n) is 8.93. The number of pyridine rings is 1. The Labute approximate surface area is 231 Å². The van der Waals surface area contributed by atoms with Crippen LogP contribution in [-0.2, 0) is 6.61 Å². The van der Waals surface area contributed by atoms with Crippen molar-refractivity contribution in [1.29, 1.82) is 0 Å².